The second kappa shape index (κ2) is 5.01. The minimum atomic E-state index is -0.697. The Balaban J connectivity index is 2.58. The molecule has 0 radical (unpaired) electrons. The van der Waals surface area contributed by atoms with Gasteiger partial charge in [-0.3, -0.25) is 9.89 Å². The van der Waals surface area contributed by atoms with Crippen molar-refractivity contribution in [1.82, 2.24) is 9.78 Å². The number of ether oxygens (including phenoxy) is 1. The Morgan fingerprint density at radius 2 is 2.11 bits per heavy atom. The number of nitrogens with one attached hydrogen (secondary N) is 1. The van der Waals surface area contributed by atoms with Gasteiger partial charge in [-0.15, -0.1) is 0 Å². The Hall–Kier alpha value is -2.50. The number of H-pyrrole nitrogens is 1. The first kappa shape index (κ1) is 12.9. The highest BCUT2D eigenvalue weighted by Gasteiger charge is 2.19. The molecule has 2 rings (SSSR count). The predicted molar refractivity (Wildman–Crippen MR) is 72.1 cm³/mol. The number of aromatic amines is 1. The van der Waals surface area contributed by atoms with Crippen LogP contribution in [0.3, 0.4) is 0 Å². The summed E-state index contributed by atoms with van der Waals surface area (Å²) in [4.78, 5) is 23.6. The standard InChI is InChI=1S/C13H15N3O3/c1-3-19-13(18)16-11(14)10(12(17)15-16)9-7-5-4-6-8(9)2/h4-7H,3,14H2,1-2H3,(H,15,17). The van der Waals surface area contributed by atoms with Gasteiger partial charge in [-0.1, -0.05) is 24.3 Å². The number of aryl methyl sites for hydroxylation is 1. The molecule has 0 aliphatic carbocycles. The zero-order valence-electron chi connectivity index (χ0n) is 10.8. The largest absolute Gasteiger partial charge is 0.448 e. The Morgan fingerprint density at radius 3 is 2.74 bits per heavy atom. The van der Waals surface area contributed by atoms with Gasteiger partial charge in [0, 0.05) is 0 Å². The third kappa shape index (κ3) is 2.24. The maximum Gasteiger partial charge on any atom is 0.434 e. The van der Waals surface area contributed by atoms with Crippen molar-refractivity contribution in [2.75, 3.05) is 12.3 Å². The van der Waals surface area contributed by atoms with Gasteiger partial charge in [-0.2, -0.15) is 4.68 Å². The smallest absolute Gasteiger partial charge is 0.434 e. The fourth-order valence-corrected chi connectivity index (χ4v) is 1.89. The summed E-state index contributed by atoms with van der Waals surface area (Å²) in [5.74, 6) is 0.0535. The summed E-state index contributed by atoms with van der Waals surface area (Å²) in [6, 6.07) is 7.33. The van der Waals surface area contributed by atoms with Crippen molar-refractivity contribution in [2.24, 2.45) is 0 Å². The molecule has 0 spiro atoms. The molecule has 100 valence electrons. The van der Waals surface area contributed by atoms with E-state index >= 15 is 0 Å². The molecule has 0 unspecified atom stereocenters. The van der Waals surface area contributed by atoms with Crippen LogP contribution in [0.25, 0.3) is 11.1 Å². The van der Waals surface area contributed by atoms with Crippen LogP contribution < -0.4 is 11.3 Å². The number of carbonyl (C=O) groups is 1. The third-order valence-electron chi connectivity index (χ3n) is 2.80. The van der Waals surface area contributed by atoms with E-state index in [9.17, 15) is 9.59 Å². The summed E-state index contributed by atoms with van der Waals surface area (Å²) in [7, 11) is 0. The Bertz CT molecular complexity index is 670. The van der Waals surface area contributed by atoms with Gasteiger partial charge >= 0.3 is 6.09 Å². The first-order chi connectivity index (χ1) is 9.06. The molecule has 1 aromatic carbocycles. The Kier molecular flexibility index (Phi) is 3.41. The molecular weight excluding hydrogens is 246 g/mol. The van der Waals surface area contributed by atoms with Crippen LogP contribution in [0.1, 0.15) is 12.5 Å². The van der Waals surface area contributed by atoms with Gasteiger partial charge in [0.25, 0.3) is 5.56 Å². The summed E-state index contributed by atoms with van der Waals surface area (Å²) < 4.78 is 5.74. The lowest BCUT2D eigenvalue weighted by Crippen LogP contribution is -2.18. The van der Waals surface area contributed by atoms with E-state index in [1.54, 1.807) is 13.0 Å². The van der Waals surface area contributed by atoms with Crippen molar-refractivity contribution in [3.8, 4) is 11.1 Å². The van der Waals surface area contributed by atoms with E-state index in [4.69, 9.17) is 10.5 Å². The fourth-order valence-electron chi connectivity index (χ4n) is 1.89. The van der Waals surface area contributed by atoms with Crippen LogP contribution in [0.4, 0.5) is 10.6 Å². The minimum absolute atomic E-state index is 0.0535. The monoisotopic (exact) mass is 261 g/mol. The molecule has 3 N–H and O–H groups in total. The van der Waals surface area contributed by atoms with Gasteiger partial charge in [-0.25, -0.2) is 4.79 Å². The number of hydrogen-bond acceptors (Lipinski definition) is 4. The van der Waals surface area contributed by atoms with Gasteiger partial charge in [-0.05, 0) is 25.0 Å². The molecule has 0 fully saturated rings. The highest BCUT2D eigenvalue weighted by atomic mass is 16.6. The number of nitrogens with two attached hydrogens (primary N) is 1. The highest BCUT2D eigenvalue weighted by Crippen LogP contribution is 2.25. The number of anilines is 1. The van der Waals surface area contributed by atoms with Crippen LogP contribution >= 0.6 is 0 Å². The molecule has 2 aromatic rings. The average molecular weight is 261 g/mol. The van der Waals surface area contributed by atoms with E-state index < -0.39 is 11.7 Å². The van der Waals surface area contributed by atoms with E-state index in [1.165, 1.54) is 0 Å². The van der Waals surface area contributed by atoms with Crippen LogP contribution in [0, 0.1) is 6.92 Å². The molecule has 0 amide bonds. The topological polar surface area (TPSA) is 90.1 Å². The molecule has 0 aliphatic rings. The SMILES string of the molecule is CCOC(=O)n1[nH]c(=O)c(-c2ccccc2C)c1N. The molecule has 0 saturated carbocycles. The summed E-state index contributed by atoms with van der Waals surface area (Å²) in [6.07, 6.45) is -0.697. The highest BCUT2D eigenvalue weighted by molar-refractivity contribution is 5.82. The molecule has 0 aliphatic heterocycles. The van der Waals surface area contributed by atoms with E-state index in [-0.39, 0.29) is 18.0 Å². The third-order valence-corrected chi connectivity index (χ3v) is 2.80. The van der Waals surface area contributed by atoms with Crippen LogP contribution in [-0.2, 0) is 4.74 Å². The second-order valence-electron chi connectivity index (χ2n) is 4.05. The summed E-state index contributed by atoms with van der Waals surface area (Å²) >= 11 is 0. The van der Waals surface area contributed by atoms with Gasteiger partial charge in [0.15, 0.2) is 0 Å². The maximum atomic E-state index is 12.0. The summed E-state index contributed by atoms with van der Waals surface area (Å²) in [6.45, 7) is 3.76. The van der Waals surface area contributed by atoms with Gasteiger partial charge in [0.1, 0.15) is 5.82 Å². The molecular formula is C13H15N3O3. The quantitative estimate of drug-likeness (QED) is 0.861. The van der Waals surface area contributed by atoms with Crippen LogP contribution in [0.5, 0.6) is 0 Å². The Labute approximate surface area is 109 Å². The predicted octanol–water partition coefficient (Wildman–Crippen LogP) is 1.74. The number of carbonyl (C=O) groups excluding carboxylic acids is 1. The maximum absolute atomic E-state index is 12.0. The average Bonchev–Trinajstić information content (AvgIpc) is 2.66. The van der Waals surface area contributed by atoms with E-state index in [0.29, 0.717) is 5.56 Å². The van der Waals surface area contributed by atoms with Gasteiger partial charge in [0.05, 0.1) is 12.2 Å². The molecule has 0 saturated heterocycles. The number of benzene rings is 1. The number of nitrogen functional groups attached to an aromatic ring is 1. The summed E-state index contributed by atoms with van der Waals surface area (Å²) in [5, 5.41) is 2.38. The number of aromatic nitrogens is 2. The molecule has 6 heteroatoms. The lowest BCUT2D eigenvalue weighted by atomic mass is 10.0. The number of hydrogen-bond donors (Lipinski definition) is 2. The molecule has 0 bridgehead atoms. The van der Waals surface area contributed by atoms with Crippen molar-refractivity contribution in [1.29, 1.82) is 0 Å². The molecule has 19 heavy (non-hydrogen) atoms. The van der Waals surface area contributed by atoms with E-state index in [1.807, 2.05) is 25.1 Å². The first-order valence-electron chi connectivity index (χ1n) is 5.90. The van der Waals surface area contributed by atoms with Crippen LogP contribution in [0.2, 0.25) is 0 Å². The van der Waals surface area contributed by atoms with Crippen molar-refractivity contribution < 1.29 is 9.53 Å². The minimum Gasteiger partial charge on any atom is -0.448 e. The van der Waals surface area contributed by atoms with Crippen molar-refractivity contribution >= 4 is 11.9 Å². The van der Waals surface area contributed by atoms with Crippen molar-refractivity contribution in [2.45, 2.75) is 13.8 Å². The fraction of sp³-hybridized carbons (Fsp3) is 0.231. The lowest BCUT2D eigenvalue weighted by molar-refractivity contribution is 0.151. The van der Waals surface area contributed by atoms with E-state index in [0.717, 1.165) is 10.2 Å². The van der Waals surface area contributed by atoms with Crippen molar-refractivity contribution in [3.05, 3.63) is 40.2 Å². The van der Waals surface area contributed by atoms with E-state index in [2.05, 4.69) is 5.10 Å². The lowest BCUT2D eigenvalue weighted by Gasteiger charge is -2.05. The summed E-state index contributed by atoms with van der Waals surface area (Å²) in [5.41, 5.74) is 7.34. The van der Waals surface area contributed by atoms with Gasteiger partial charge in [0.2, 0.25) is 0 Å². The molecule has 1 aromatic heterocycles. The number of nitrogens with zero attached hydrogens (tertiary/aromatic N) is 1. The normalized spacial score (nSPS) is 10.4. The van der Waals surface area contributed by atoms with Gasteiger partial charge < -0.3 is 10.5 Å². The molecule has 0 atom stereocenters. The molecule has 6 nitrogen and oxygen atoms in total. The zero-order chi connectivity index (χ0) is 14.0. The second-order valence-corrected chi connectivity index (χ2v) is 4.05. The van der Waals surface area contributed by atoms with Crippen LogP contribution in [-0.4, -0.2) is 22.5 Å². The first-order valence-corrected chi connectivity index (χ1v) is 5.90. The molecule has 1 heterocycles. The Morgan fingerprint density at radius 1 is 1.42 bits per heavy atom. The van der Waals surface area contributed by atoms with Crippen LogP contribution in [0.15, 0.2) is 29.1 Å². The zero-order valence-corrected chi connectivity index (χ0v) is 10.8. The van der Waals surface area contributed by atoms with Crippen molar-refractivity contribution in [3.63, 3.8) is 0 Å². The number of rotatable bonds is 2.